The summed E-state index contributed by atoms with van der Waals surface area (Å²) in [6.45, 7) is 0. The molecule has 15 heavy (non-hydrogen) atoms. The van der Waals surface area contributed by atoms with Crippen molar-refractivity contribution in [3.8, 4) is 11.9 Å². The number of aromatic amines is 1. The van der Waals surface area contributed by atoms with Crippen molar-refractivity contribution in [2.75, 3.05) is 0 Å². The zero-order valence-corrected chi connectivity index (χ0v) is 7.26. The van der Waals surface area contributed by atoms with E-state index in [9.17, 15) is 18.0 Å². The second kappa shape index (κ2) is 4.04. The molecule has 0 unspecified atom stereocenters. The van der Waals surface area contributed by atoms with Crippen molar-refractivity contribution in [2.24, 2.45) is 0 Å². The molecule has 0 bridgehead atoms. The normalized spacial score (nSPS) is 10.8. The molecule has 0 aliphatic heterocycles. The van der Waals surface area contributed by atoms with Crippen molar-refractivity contribution in [2.45, 2.75) is 12.8 Å². The lowest BCUT2D eigenvalue weighted by Gasteiger charge is -2.07. The Hall–Kier alpha value is -1.97. The minimum Gasteiger partial charge on any atom is -0.390 e. The maximum Gasteiger partial charge on any atom is 0.574 e. The van der Waals surface area contributed by atoms with Crippen LogP contribution in [0.15, 0.2) is 17.1 Å². The van der Waals surface area contributed by atoms with Gasteiger partial charge in [0.2, 0.25) is 5.88 Å². The third kappa shape index (κ3) is 3.34. The Balaban J connectivity index is 2.93. The quantitative estimate of drug-likeness (QED) is 0.814. The summed E-state index contributed by atoms with van der Waals surface area (Å²) in [5.74, 6) is -0.700. The second-order valence-electron chi connectivity index (χ2n) is 2.57. The van der Waals surface area contributed by atoms with E-state index in [2.05, 4.69) is 9.72 Å². The third-order valence-electron chi connectivity index (χ3n) is 1.46. The Labute approximate surface area is 81.9 Å². The average molecular weight is 218 g/mol. The largest absolute Gasteiger partial charge is 0.574 e. The number of H-pyrrole nitrogens is 1. The number of hydrogen-bond donors (Lipinski definition) is 1. The van der Waals surface area contributed by atoms with E-state index < -0.39 is 17.7 Å². The minimum atomic E-state index is -4.85. The van der Waals surface area contributed by atoms with Gasteiger partial charge in [-0.3, -0.25) is 4.79 Å². The number of rotatable bonds is 2. The van der Waals surface area contributed by atoms with Crippen LogP contribution >= 0.6 is 0 Å². The summed E-state index contributed by atoms with van der Waals surface area (Å²) < 4.78 is 38.7. The molecule has 1 N–H and O–H groups in total. The lowest BCUT2D eigenvalue weighted by atomic mass is 10.2. The fraction of sp³-hybridized carbons (Fsp3) is 0.250. The first-order valence-electron chi connectivity index (χ1n) is 3.76. The van der Waals surface area contributed by atoms with E-state index in [1.165, 1.54) is 0 Å². The number of ether oxygens (including phenoxy) is 1. The van der Waals surface area contributed by atoms with Crippen LogP contribution in [0.4, 0.5) is 13.2 Å². The Kier molecular flexibility index (Phi) is 2.99. The Morgan fingerprint density at radius 2 is 2.20 bits per heavy atom. The van der Waals surface area contributed by atoms with E-state index in [1.54, 1.807) is 6.07 Å². The maximum atomic E-state index is 11.7. The SMILES string of the molecule is N#CCc1c[nH]c(OC(F)(F)F)cc1=O. The number of halogens is 3. The van der Waals surface area contributed by atoms with Gasteiger partial charge in [-0.05, 0) is 0 Å². The number of alkyl halides is 3. The zero-order chi connectivity index (χ0) is 11.5. The van der Waals surface area contributed by atoms with Gasteiger partial charge in [0.15, 0.2) is 5.43 Å². The van der Waals surface area contributed by atoms with E-state index in [0.717, 1.165) is 6.20 Å². The standard InChI is InChI=1S/C8H5F3N2O2/c9-8(10,11)15-7-3-6(14)5(1-2-12)4-13-7/h3-4H,1H2,(H,13,14). The van der Waals surface area contributed by atoms with Gasteiger partial charge in [0, 0.05) is 17.8 Å². The number of pyridine rings is 1. The average Bonchev–Trinajstić information content (AvgIpc) is 2.07. The molecule has 80 valence electrons. The highest BCUT2D eigenvalue weighted by molar-refractivity contribution is 5.20. The van der Waals surface area contributed by atoms with E-state index in [-0.39, 0.29) is 12.0 Å². The zero-order valence-electron chi connectivity index (χ0n) is 7.26. The lowest BCUT2D eigenvalue weighted by molar-refractivity contribution is -0.276. The minimum absolute atomic E-state index is 0.0898. The van der Waals surface area contributed by atoms with Crippen LogP contribution < -0.4 is 10.2 Å². The van der Waals surface area contributed by atoms with Crippen LogP contribution in [-0.2, 0) is 6.42 Å². The van der Waals surface area contributed by atoms with Crippen LogP contribution in [0.1, 0.15) is 5.56 Å². The van der Waals surface area contributed by atoms with Crippen LogP contribution in [0.3, 0.4) is 0 Å². The summed E-state index contributed by atoms with van der Waals surface area (Å²) in [4.78, 5) is 13.2. The predicted octanol–water partition coefficient (Wildman–Crippen LogP) is 1.34. The second-order valence-corrected chi connectivity index (χ2v) is 2.57. The van der Waals surface area contributed by atoms with Crippen LogP contribution in [0, 0.1) is 11.3 Å². The highest BCUT2D eigenvalue weighted by atomic mass is 19.4. The molecular weight excluding hydrogens is 213 g/mol. The van der Waals surface area contributed by atoms with Gasteiger partial charge in [-0.2, -0.15) is 5.26 Å². The van der Waals surface area contributed by atoms with Crippen molar-refractivity contribution in [1.29, 1.82) is 5.26 Å². The number of hydrogen-bond acceptors (Lipinski definition) is 3. The van der Waals surface area contributed by atoms with Crippen molar-refractivity contribution >= 4 is 0 Å². The fourth-order valence-electron chi connectivity index (χ4n) is 0.890. The lowest BCUT2D eigenvalue weighted by Crippen LogP contribution is -2.19. The van der Waals surface area contributed by atoms with Gasteiger partial charge < -0.3 is 9.72 Å². The highest BCUT2D eigenvalue weighted by Gasteiger charge is 2.31. The first-order valence-corrected chi connectivity index (χ1v) is 3.76. The molecule has 4 nitrogen and oxygen atoms in total. The van der Waals surface area contributed by atoms with Crippen LogP contribution in [0.2, 0.25) is 0 Å². The number of aromatic nitrogens is 1. The molecule has 1 aromatic heterocycles. The molecule has 0 amide bonds. The molecule has 0 spiro atoms. The molecule has 1 rings (SSSR count). The Bertz CT molecular complexity index is 444. The smallest absolute Gasteiger partial charge is 0.390 e. The van der Waals surface area contributed by atoms with Gasteiger partial charge in [-0.1, -0.05) is 0 Å². The molecule has 0 aromatic carbocycles. The van der Waals surface area contributed by atoms with Crippen molar-refractivity contribution in [3.05, 3.63) is 28.0 Å². The Morgan fingerprint density at radius 3 is 2.67 bits per heavy atom. The van der Waals surface area contributed by atoms with Crippen LogP contribution in [-0.4, -0.2) is 11.3 Å². The van der Waals surface area contributed by atoms with Crippen LogP contribution in [0.25, 0.3) is 0 Å². The third-order valence-corrected chi connectivity index (χ3v) is 1.46. The highest BCUT2D eigenvalue weighted by Crippen LogP contribution is 2.19. The van der Waals surface area contributed by atoms with Crippen molar-refractivity contribution in [1.82, 2.24) is 4.98 Å². The van der Waals surface area contributed by atoms with Gasteiger partial charge in [0.25, 0.3) is 0 Å². The number of nitrogens with one attached hydrogen (secondary N) is 1. The summed E-state index contributed by atoms with van der Waals surface area (Å²) in [5.41, 5.74) is -0.582. The van der Waals surface area contributed by atoms with Crippen LogP contribution in [0.5, 0.6) is 5.88 Å². The summed E-state index contributed by atoms with van der Waals surface area (Å²) in [6, 6.07) is 2.36. The van der Waals surface area contributed by atoms with E-state index in [0.29, 0.717) is 6.07 Å². The molecule has 1 heterocycles. The number of nitriles is 1. The summed E-state index contributed by atoms with van der Waals surface area (Å²) in [6.07, 6.45) is -3.99. The molecule has 0 aliphatic rings. The van der Waals surface area contributed by atoms with Gasteiger partial charge in [-0.25, -0.2) is 0 Å². The maximum absolute atomic E-state index is 11.7. The predicted molar refractivity (Wildman–Crippen MR) is 43.1 cm³/mol. The molecule has 0 atom stereocenters. The monoisotopic (exact) mass is 218 g/mol. The molecule has 1 aromatic rings. The first kappa shape index (κ1) is 11.1. The molecule has 0 saturated carbocycles. The molecule has 0 aliphatic carbocycles. The molecular formula is C8H5F3N2O2. The molecule has 7 heteroatoms. The van der Waals surface area contributed by atoms with Gasteiger partial charge in [0.05, 0.1) is 12.5 Å². The summed E-state index contributed by atoms with van der Waals surface area (Å²) in [7, 11) is 0. The van der Waals surface area contributed by atoms with Gasteiger partial charge >= 0.3 is 6.36 Å². The van der Waals surface area contributed by atoms with E-state index >= 15 is 0 Å². The molecule has 0 radical (unpaired) electrons. The molecule has 0 saturated heterocycles. The first-order chi connectivity index (χ1) is 6.92. The fourth-order valence-corrected chi connectivity index (χ4v) is 0.890. The van der Waals surface area contributed by atoms with Gasteiger partial charge in [0.1, 0.15) is 0 Å². The van der Waals surface area contributed by atoms with Crippen molar-refractivity contribution < 1.29 is 17.9 Å². The number of nitrogens with zero attached hydrogens (tertiary/aromatic N) is 1. The Morgan fingerprint density at radius 1 is 1.53 bits per heavy atom. The topological polar surface area (TPSA) is 65.9 Å². The van der Waals surface area contributed by atoms with E-state index in [4.69, 9.17) is 5.26 Å². The molecule has 0 fully saturated rings. The summed E-state index contributed by atoms with van der Waals surface area (Å²) >= 11 is 0. The van der Waals surface area contributed by atoms with Gasteiger partial charge in [-0.15, -0.1) is 13.2 Å². The summed E-state index contributed by atoms with van der Waals surface area (Å²) in [5, 5.41) is 8.29. The van der Waals surface area contributed by atoms with Crippen molar-refractivity contribution in [3.63, 3.8) is 0 Å². The van der Waals surface area contributed by atoms with E-state index in [1.807, 2.05) is 0 Å².